The van der Waals surface area contributed by atoms with Gasteiger partial charge in [0.05, 0.1) is 24.9 Å². The third-order valence-corrected chi connectivity index (χ3v) is 4.26. The van der Waals surface area contributed by atoms with Crippen molar-refractivity contribution < 1.29 is 19.0 Å². The predicted molar refractivity (Wildman–Crippen MR) is 74.5 cm³/mol. The molecule has 0 radical (unpaired) electrons. The van der Waals surface area contributed by atoms with Crippen LogP contribution in [0.3, 0.4) is 0 Å². The molecule has 2 fully saturated rings. The number of nitrogens with zero attached hydrogens (tertiary/aromatic N) is 4. The van der Waals surface area contributed by atoms with Crippen molar-refractivity contribution >= 4 is 0 Å². The molecular formula is C14H16FN5O3. The quantitative estimate of drug-likeness (QED) is 0.793. The van der Waals surface area contributed by atoms with Gasteiger partial charge < -0.3 is 19.9 Å². The molecule has 2 aliphatic heterocycles. The molecule has 122 valence electrons. The maximum Gasteiger partial charge on any atom is 0.183 e. The summed E-state index contributed by atoms with van der Waals surface area (Å²) in [5.74, 6) is -0.389. The Morgan fingerprint density at radius 1 is 1.43 bits per heavy atom. The largest absolute Gasteiger partial charge is 0.389 e. The number of pyridine rings is 1. The van der Waals surface area contributed by atoms with Crippen molar-refractivity contribution in [1.29, 1.82) is 0 Å². The maximum absolute atomic E-state index is 13.7. The van der Waals surface area contributed by atoms with E-state index in [0.29, 0.717) is 12.2 Å². The fraction of sp³-hybridized carbons (Fsp3) is 0.500. The molecule has 9 heteroatoms. The fourth-order valence-electron chi connectivity index (χ4n) is 3.08. The van der Waals surface area contributed by atoms with E-state index in [1.807, 2.05) is 0 Å². The molecule has 8 nitrogen and oxygen atoms in total. The number of hydrogen-bond acceptors (Lipinski definition) is 7. The number of ether oxygens (including phenoxy) is 2. The molecule has 2 aromatic heterocycles. The van der Waals surface area contributed by atoms with E-state index in [9.17, 15) is 9.50 Å². The van der Waals surface area contributed by atoms with Crippen molar-refractivity contribution in [3.05, 3.63) is 42.5 Å². The van der Waals surface area contributed by atoms with Crippen LogP contribution in [0, 0.1) is 5.82 Å². The minimum atomic E-state index is -0.798. The Kier molecular flexibility index (Phi) is 3.77. The van der Waals surface area contributed by atoms with E-state index in [4.69, 9.17) is 9.47 Å². The number of aromatic nitrogens is 4. The maximum atomic E-state index is 13.7. The molecule has 0 amide bonds. The summed E-state index contributed by atoms with van der Waals surface area (Å²) in [6.07, 6.45) is 3.94. The van der Waals surface area contributed by atoms with Gasteiger partial charge in [0.2, 0.25) is 0 Å². The number of rotatable bonds is 4. The van der Waals surface area contributed by atoms with Crippen LogP contribution < -0.4 is 5.32 Å². The smallest absolute Gasteiger partial charge is 0.183 e. The Labute approximate surface area is 131 Å². The highest BCUT2D eigenvalue weighted by atomic mass is 19.1. The summed E-state index contributed by atoms with van der Waals surface area (Å²) in [5.41, 5.74) is 0.477. The van der Waals surface area contributed by atoms with Crippen LogP contribution in [0.5, 0.6) is 0 Å². The molecule has 2 N–H and O–H groups in total. The van der Waals surface area contributed by atoms with Gasteiger partial charge in [0.1, 0.15) is 30.6 Å². The summed E-state index contributed by atoms with van der Waals surface area (Å²) in [4.78, 5) is 7.62. The summed E-state index contributed by atoms with van der Waals surface area (Å²) in [7, 11) is 0. The Morgan fingerprint density at radius 3 is 3.13 bits per heavy atom. The summed E-state index contributed by atoms with van der Waals surface area (Å²) in [6.45, 7) is 0.619. The SMILES string of the molecule is OC1C(NCc2ccncc2F)C2COC(O2)C1n1cncn1. The van der Waals surface area contributed by atoms with E-state index in [0.717, 1.165) is 6.20 Å². The van der Waals surface area contributed by atoms with Gasteiger partial charge in [-0.15, -0.1) is 0 Å². The average molecular weight is 321 g/mol. The molecule has 5 unspecified atom stereocenters. The third-order valence-electron chi connectivity index (χ3n) is 4.26. The van der Waals surface area contributed by atoms with Crippen molar-refractivity contribution in [2.24, 2.45) is 0 Å². The van der Waals surface area contributed by atoms with Crippen molar-refractivity contribution in [3.8, 4) is 0 Å². The Bertz CT molecular complexity index is 670. The zero-order chi connectivity index (χ0) is 15.8. The Balaban J connectivity index is 1.52. The number of hydrogen-bond donors (Lipinski definition) is 2. The topological polar surface area (TPSA) is 94.3 Å². The normalized spacial score (nSPS) is 33.0. The van der Waals surface area contributed by atoms with Crippen LogP contribution in [0.15, 0.2) is 31.1 Å². The molecule has 4 rings (SSSR count). The molecule has 4 heterocycles. The highest BCUT2D eigenvalue weighted by molar-refractivity contribution is 5.13. The Hall–Kier alpha value is -1.94. The average Bonchev–Trinajstić information content (AvgIpc) is 3.21. The van der Waals surface area contributed by atoms with Gasteiger partial charge in [-0.3, -0.25) is 4.98 Å². The minimum absolute atomic E-state index is 0.255. The van der Waals surface area contributed by atoms with Crippen molar-refractivity contribution in [1.82, 2.24) is 25.1 Å². The number of aliphatic hydroxyl groups excluding tert-OH is 1. The van der Waals surface area contributed by atoms with E-state index >= 15 is 0 Å². The lowest BCUT2D eigenvalue weighted by molar-refractivity contribution is -0.168. The van der Waals surface area contributed by atoms with E-state index in [1.54, 1.807) is 6.07 Å². The second-order valence-corrected chi connectivity index (χ2v) is 5.61. The highest BCUT2D eigenvalue weighted by Gasteiger charge is 2.51. The van der Waals surface area contributed by atoms with Crippen LogP contribution in [-0.2, 0) is 16.0 Å². The van der Waals surface area contributed by atoms with E-state index < -0.39 is 24.5 Å². The van der Waals surface area contributed by atoms with E-state index in [-0.39, 0.29) is 18.5 Å². The molecule has 23 heavy (non-hydrogen) atoms. The third kappa shape index (κ3) is 2.61. The summed E-state index contributed by atoms with van der Waals surface area (Å²) < 4.78 is 26.6. The zero-order valence-corrected chi connectivity index (χ0v) is 12.1. The van der Waals surface area contributed by atoms with Crippen molar-refractivity contribution in [2.75, 3.05) is 6.61 Å². The second-order valence-electron chi connectivity index (χ2n) is 5.61. The molecular weight excluding hydrogens is 305 g/mol. The lowest BCUT2D eigenvalue weighted by atomic mass is 9.96. The van der Waals surface area contributed by atoms with Gasteiger partial charge >= 0.3 is 0 Å². The van der Waals surface area contributed by atoms with Gasteiger partial charge in [-0.25, -0.2) is 14.1 Å². The summed E-state index contributed by atoms with van der Waals surface area (Å²) in [5, 5.41) is 17.9. The second kappa shape index (κ2) is 5.93. The molecule has 2 aromatic rings. The number of fused-ring (bicyclic) bond motifs is 2. The number of halogens is 1. The standard InChI is InChI=1S/C14H16FN5O3/c15-9-4-16-2-1-8(9)3-18-11-10-5-22-14(23-10)12(13(11)21)20-7-17-6-19-20/h1-2,4,6-7,10-14,18,21H,3,5H2. The van der Waals surface area contributed by atoms with E-state index in [1.165, 1.54) is 23.5 Å². The molecule has 0 spiro atoms. The monoisotopic (exact) mass is 321 g/mol. The van der Waals surface area contributed by atoms with Crippen LogP contribution in [0.1, 0.15) is 11.6 Å². The van der Waals surface area contributed by atoms with Gasteiger partial charge in [-0.2, -0.15) is 5.10 Å². The molecule has 0 aliphatic carbocycles. The highest BCUT2D eigenvalue weighted by Crippen LogP contribution is 2.35. The van der Waals surface area contributed by atoms with Crippen LogP contribution in [0.4, 0.5) is 4.39 Å². The fourth-order valence-corrected chi connectivity index (χ4v) is 3.08. The first kappa shape index (κ1) is 14.6. The molecule has 0 aromatic carbocycles. The number of nitrogens with one attached hydrogen (secondary N) is 1. The zero-order valence-electron chi connectivity index (χ0n) is 12.1. The van der Waals surface area contributed by atoms with Gasteiger partial charge in [-0.05, 0) is 6.07 Å². The van der Waals surface area contributed by atoms with Crippen molar-refractivity contribution in [3.63, 3.8) is 0 Å². The van der Waals surface area contributed by atoms with Gasteiger partial charge in [-0.1, -0.05) is 0 Å². The molecule has 2 bridgehead atoms. The molecule has 2 aliphatic rings. The summed E-state index contributed by atoms with van der Waals surface area (Å²) in [6, 6.07) is 0.688. The first-order valence-electron chi connectivity index (χ1n) is 7.35. The van der Waals surface area contributed by atoms with E-state index in [2.05, 4.69) is 20.4 Å². The minimum Gasteiger partial charge on any atom is -0.389 e. The van der Waals surface area contributed by atoms with Gasteiger partial charge in [0.15, 0.2) is 6.29 Å². The van der Waals surface area contributed by atoms with Gasteiger partial charge in [0.25, 0.3) is 0 Å². The first-order valence-corrected chi connectivity index (χ1v) is 7.35. The van der Waals surface area contributed by atoms with Crippen LogP contribution in [-0.4, -0.2) is 56.0 Å². The first-order chi connectivity index (χ1) is 11.2. The van der Waals surface area contributed by atoms with Crippen molar-refractivity contribution in [2.45, 2.75) is 37.1 Å². The van der Waals surface area contributed by atoms with Gasteiger partial charge in [0, 0.05) is 18.3 Å². The predicted octanol–water partition coefficient (Wildman–Crippen LogP) is -0.372. The lowest BCUT2D eigenvalue weighted by Gasteiger charge is -2.38. The van der Waals surface area contributed by atoms with Crippen LogP contribution in [0.25, 0.3) is 0 Å². The molecule has 2 saturated heterocycles. The lowest BCUT2D eigenvalue weighted by Crippen LogP contribution is -2.57. The van der Waals surface area contributed by atoms with Crippen LogP contribution in [0.2, 0.25) is 0 Å². The Morgan fingerprint density at radius 2 is 2.35 bits per heavy atom. The summed E-state index contributed by atoms with van der Waals surface area (Å²) >= 11 is 0. The van der Waals surface area contributed by atoms with Crippen LogP contribution >= 0.6 is 0 Å². The number of aliphatic hydroxyl groups is 1. The molecule has 5 atom stereocenters. The molecule has 0 saturated carbocycles.